The van der Waals surface area contributed by atoms with E-state index >= 15 is 0 Å². The minimum atomic E-state index is 0.0787. The smallest absolute Gasteiger partial charge is 0.0841 e. The normalized spacial score (nSPS) is 23.3. The molecule has 1 aromatic heterocycles. The van der Waals surface area contributed by atoms with Crippen LogP contribution in [0.25, 0.3) is 10.9 Å². The molecule has 2 aromatic rings. The largest absolute Gasteiger partial charge is 0.380 e. The lowest BCUT2D eigenvalue weighted by atomic mass is 9.95. The van der Waals surface area contributed by atoms with E-state index in [1.54, 1.807) is 0 Å². The molecule has 0 amide bonds. The van der Waals surface area contributed by atoms with Crippen molar-refractivity contribution in [3.63, 3.8) is 0 Å². The predicted molar refractivity (Wildman–Crippen MR) is 80.7 cm³/mol. The van der Waals surface area contributed by atoms with Gasteiger partial charge in [-0.25, -0.2) is 0 Å². The minimum Gasteiger partial charge on any atom is -0.380 e. The summed E-state index contributed by atoms with van der Waals surface area (Å²) in [5, 5.41) is 9.63. The predicted octanol–water partition coefficient (Wildman–Crippen LogP) is 2.71. The topological polar surface area (TPSA) is 39.1 Å². The molecule has 1 saturated heterocycles. The molecule has 1 N–H and O–H groups in total. The van der Waals surface area contributed by atoms with E-state index in [4.69, 9.17) is 9.84 Å². The Balaban J connectivity index is 1.80. The van der Waals surface area contributed by atoms with Gasteiger partial charge in [0, 0.05) is 30.6 Å². The molecule has 108 valence electrons. The van der Waals surface area contributed by atoms with E-state index in [1.165, 1.54) is 17.3 Å². The van der Waals surface area contributed by atoms with Crippen molar-refractivity contribution in [3.05, 3.63) is 30.0 Å². The fourth-order valence-corrected chi connectivity index (χ4v) is 2.94. The van der Waals surface area contributed by atoms with Crippen molar-refractivity contribution in [3.8, 4) is 0 Å². The highest BCUT2D eigenvalue weighted by Crippen LogP contribution is 2.22. The van der Waals surface area contributed by atoms with Gasteiger partial charge >= 0.3 is 0 Å². The first-order valence-electron chi connectivity index (χ1n) is 7.49. The van der Waals surface area contributed by atoms with Crippen molar-refractivity contribution in [1.82, 2.24) is 15.1 Å². The van der Waals surface area contributed by atoms with E-state index in [-0.39, 0.29) is 5.54 Å². The second-order valence-corrected chi connectivity index (χ2v) is 5.85. The SMILES string of the molecule is CCn1nc(CNC2(C)CCCOC2)c2ccccc21. The number of para-hydroxylation sites is 1. The summed E-state index contributed by atoms with van der Waals surface area (Å²) in [5.41, 5.74) is 2.43. The second-order valence-electron chi connectivity index (χ2n) is 5.85. The van der Waals surface area contributed by atoms with Crippen molar-refractivity contribution in [2.75, 3.05) is 13.2 Å². The summed E-state index contributed by atoms with van der Waals surface area (Å²) in [5.74, 6) is 0. The lowest BCUT2D eigenvalue weighted by Gasteiger charge is -2.34. The van der Waals surface area contributed by atoms with Crippen LogP contribution in [-0.2, 0) is 17.8 Å². The van der Waals surface area contributed by atoms with E-state index in [0.29, 0.717) is 0 Å². The Kier molecular flexibility index (Phi) is 3.76. The van der Waals surface area contributed by atoms with E-state index in [2.05, 4.69) is 48.1 Å². The number of rotatable bonds is 4. The van der Waals surface area contributed by atoms with Crippen LogP contribution >= 0.6 is 0 Å². The van der Waals surface area contributed by atoms with Crippen molar-refractivity contribution in [2.45, 2.75) is 45.3 Å². The Morgan fingerprint density at radius 1 is 1.40 bits per heavy atom. The summed E-state index contributed by atoms with van der Waals surface area (Å²) in [6.07, 6.45) is 2.30. The maximum absolute atomic E-state index is 5.60. The van der Waals surface area contributed by atoms with Crippen LogP contribution in [0.1, 0.15) is 32.4 Å². The van der Waals surface area contributed by atoms with Crippen LogP contribution in [0.15, 0.2) is 24.3 Å². The van der Waals surface area contributed by atoms with Gasteiger partial charge in [0.1, 0.15) is 0 Å². The molecule has 4 heteroatoms. The van der Waals surface area contributed by atoms with E-state index in [0.717, 1.165) is 38.4 Å². The quantitative estimate of drug-likeness (QED) is 0.931. The third-order valence-electron chi connectivity index (χ3n) is 4.15. The summed E-state index contributed by atoms with van der Waals surface area (Å²) in [6.45, 7) is 7.76. The molecule has 0 spiro atoms. The third-order valence-corrected chi connectivity index (χ3v) is 4.15. The van der Waals surface area contributed by atoms with Crippen molar-refractivity contribution >= 4 is 10.9 Å². The fraction of sp³-hybridized carbons (Fsp3) is 0.562. The molecule has 0 saturated carbocycles. The van der Waals surface area contributed by atoms with Gasteiger partial charge in [-0.1, -0.05) is 18.2 Å². The number of nitrogens with zero attached hydrogens (tertiary/aromatic N) is 2. The van der Waals surface area contributed by atoms with Crippen LogP contribution < -0.4 is 5.32 Å². The molecular formula is C16H23N3O. The highest BCUT2D eigenvalue weighted by molar-refractivity contribution is 5.81. The Labute approximate surface area is 120 Å². The standard InChI is InChI=1S/C16H23N3O/c1-3-19-15-8-5-4-7-13(15)14(18-19)11-17-16(2)9-6-10-20-12-16/h4-5,7-8,17H,3,6,9-12H2,1-2H3. The summed E-state index contributed by atoms with van der Waals surface area (Å²) in [4.78, 5) is 0. The average molecular weight is 273 g/mol. The Bertz CT molecular complexity index is 584. The van der Waals surface area contributed by atoms with Crippen LogP contribution in [-0.4, -0.2) is 28.5 Å². The average Bonchev–Trinajstić information content (AvgIpc) is 2.84. The fourth-order valence-electron chi connectivity index (χ4n) is 2.94. The monoisotopic (exact) mass is 273 g/mol. The van der Waals surface area contributed by atoms with Gasteiger partial charge in [-0.05, 0) is 32.8 Å². The van der Waals surface area contributed by atoms with Crippen LogP contribution in [0.3, 0.4) is 0 Å². The molecule has 0 bridgehead atoms. The van der Waals surface area contributed by atoms with E-state index in [1.807, 2.05) is 0 Å². The van der Waals surface area contributed by atoms with Gasteiger partial charge in [0.05, 0.1) is 17.8 Å². The zero-order valence-electron chi connectivity index (χ0n) is 12.4. The number of hydrogen-bond acceptors (Lipinski definition) is 3. The number of hydrogen-bond donors (Lipinski definition) is 1. The Morgan fingerprint density at radius 3 is 3.00 bits per heavy atom. The zero-order valence-corrected chi connectivity index (χ0v) is 12.4. The van der Waals surface area contributed by atoms with Gasteiger partial charge in [0.25, 0.3) is 0 Å². The van der Waals surface area contributed by atoms with Crippen LogP contribution in [0.5, 0.6) is 0 Å². The molecule has 1 aliphatic rings. The number of aromatic nitrogens is 2. The molecule has 1 atom stereocenters. The van der Waals surface area contributed by atoms with Crippen molar-refractivity contribution < 1.29 is 4.74 Å². The second kappa shape index (κ2) is 5.54. The highest BCUT2D eigenvalue weighted by Gasteiger charge is 2.27. The first-order chi connectivity index (χ1) is 9.72. The molecule has 2 heterocycles. The zero-order chi connectivity index (χ0) is 14.0. The molecule has 3 rings (SSSR count). The molecule has 1 unspecified atom stereocenters. The van der Waals surface area contributed by atoms with Gasteiger partial charge in [0.2, 0.25) is 0 Å². The number of aryl methyl sites for hydroxylation is 1. The molecule has 1 aliphatic heterocycles. The lowest BCUT2D eigenvalue weighted by Crippen LogP contribution is -2.48. The van der Waals surface area contributed by atoms with Gasteiger partial charge in [-0.2, -0.15) is 5.10 Å². The molecule has 1 aromatic carbocycles. The molecule has 20 heavy (non-hydrogen) atoms. The van der Waals surface area contributed by atoms with Crippen molar-refractivity contribution in [2.24, 2.45) is 0 Å². The Morgan fingerprint density at radius 2 is 2.25 bits per heavy atom. The first-order valence-corrected chi connectivity index (χ1v) is 7.49. The molecule has 1 fully saturated rings. The number of ether oxygens (including phenoxy) is 1. The van der Waals surface area contributed by atoms with Gasteiger partial charge in [-0.15, -0.1) is 0 Å². The lowest BCUT2D eigenvalue weighted by molar-refractivity contribution is 0.0276. The minimum absolute atomic E-state index is 0.0787. The Hall–Kier alpha value is -1.39. The number of nitrogens with one attached hydrogen (secondary N) is 1. The summed E-state index contributed by atoms with van der Waals surface area (Å²) >= 11 is 0. The van der Waals surface area contributed by atoms with E-state index in [9.17, 15) is 0 Å². The van der Waals surface area contributed by atoms with Crippen LogP contribution in [0.4, 0.5) is 0 Å². The van der Waals surface area contributed by atoms with Gasteiger partial charge < -0.3 is 10.1 Å². The van der Waals surface area contributed by atoms with Crippen LogP contribution in [0, 0.1) is 0 Å². The van der Waals surface area contributed by atoms with Gasteiger partial charge in [-0.3, -0.25) is 4.68 Å². The molecule has 4 nitrogen and oxygen atoms in total. The van der Waals surface area contributed by atoms with E-state index < -0.39 is 0 Å². The molecule has 0 aliphatic carbocycles. The summed E-state index contributed by atoms with van der Waals surface area (Å²) < 4.78 is 7.67. The summed E-state index contributed by atoms with van der Waals surface area (Å²) in [6, 6.07) is 8.45. The molecular weight excluding hydrogens is 250 g/mol. The highest BCUT2D eigenvalue weighted by atomic mass is 16.5. The maximum atomic E-state index is 5.60. The maximum Gasteiger partial charge on any atom is 0.0841 e. The first kappa shape index (κ1) is 13.6. The van der Waals surface area contributed by atoms with Gasteiger partial charge in [0.15, 0.2) is 0 Å². The number of benzene rings is 1. The molecule has 0 radical (unpaired) electrons. The number of fused-ring (bicyclic) bond motifs is 1. The van der Waals surface area contributed by atoms with Crippen molar-refractivity contribution in [1.29, 1.82) is 0 Å². The van der Waals surface area contributed by atoms with Crippen LogP contribution in [0.2, 0.25) is 0 Å². The third kappa shape index (κ3) is 2.58. The summed E-state index contributed by atoms with van der Waals surface area (Å²) in [7, 11) is 0.